The van der Waals surface area contributed by atoms with Crippen LogP contribution in [0.15, 0.2) is 36.5 Å². The first-order valence-electron chi connectivity index (χ1n) is 6.83. The zero-order valence-electron chi connectivity index (χ0n) is 12.3. The molecular formula is C17H8Cl6N2. The number of hydrogen-bond donors (Lipinski definition) is 1. The van der Waals surface area contributed by atoms with E-state index in [9.17, 15) is 0 Å². The molecule has 25 heavy (non-hydrogen) atoms. The molecule has 0 aliphatic heterocycles. The average molecular weight is 453 g/mol. The molecule has 0 bridgehead atoms. The highest BCUT2D eigenvalue weighted by Gasteiger charge is 2.16. The van der Waals surface area contributed by atoms with E-state index < -0.39 is 0 Å². The Balaban J connectivity index is 2.27. The smallest absolute Gasteiger partial charge is 0.0783 e. The number of nitrogens with two attached hydrogens (primary N) is 1. The van der Waals surface area contributed by atoms with Crippen LogP contribution in [0.1, 0.15) is 0 Å². The van der Waals surface area contributed by atoms with Crippen molar-refractivity contribution in [1.82, 2.24) is 4.98 Å². The molecule has 0 radical (unpaired) electrons. The van der Waals surface area contributed by atoms with Gasteiger partial charge in [0.15, 0.2) is 0 Å². The van der Waals surface area contributed by atoms with Crippen molar-refractivity contribution in [1.29, 1.82) is 0 Å². The fourth-order valence-electron chi connectivity index (χ4n) is 2.33. The third kappa shape index (κ3) is 3.80. The minimum atomic E-state index is 0.279. The number of aromatic nitrogens is 1. The summed E-state index contributed by atoms with van der Waals surface area (Å²) >= 11 is 36.6. The first-order chi connectivity index (χ1) is 11.8. The largest absolute Gasteiger partial charge is 0.397 e. The molecule has 0 amide bonds. The van der Waals surface area contributed by atoms with Gasteiger partial charge in [0.25, 0.3) is 0 Å². The molecule has 0 atom stereocenters. The fourth-order valence-corrected chi connectivity index (χ4v) is 3.53. The molecule has 3 rings (SSSR count). The van der Waals surface area contributed by atoms with Gasteiger partial charge >= 0.3 is 0 Å². The number of nitrogen functional groups attached to an aromatic ring is 1. The van der Waals surface area contributed by atoms with E-state index in [-0.39, 0.29) is 10.0 Å². The van der Waals surface area contributed by atoms with Gasteiger partial charge in [-0.05, 0) is 35.9 Å². The number of anilines is 1. The molecule has 3 aromatic rings. The Morgan fingerprint density at radius 2 is 1.08 bits per heavy atom. The average Bonchev–Trinajstić information content (AvgIpc) is 2.56. The van der Waals surface area contributed by atoms with Crippen LogP contribution in [0, 0.1) is 0 Å². The van der Waals surface area contributed by atoms with Gasteiger partial charge in [-0.15, -0.1) is 0 Å². The van der Waals surface area contributed by atoms with Gasteiger partial charge in [0.1, 0.15) is 0 Å². The van der Waals surface area contributed by atoms with Gasteiger partial charge in [-0.25, -0.2) is 0 Å². The van der Waals surface area contributed by atoms with Crippen LogP contribution in [0.3, 0.4) is 0 Å². The van der Waals surface area contributed by atoms with Crippen LogP contribution in [0.4, 0.5) is 5.69 Å². The number of nitrogens with zero attached hydrogens (tertiary/aromatic N) is 1. The third-order valence-electron chi connectivity index (χ3n) is 3.46. The van der Waals surface area contributed by atoms with Crippen molar-refractivity contribution in [2.24, 2.45) is 0 Å². The van der Waals surface area contributed by atoms with Crippen LogP contribution in [0.5, 0.6) is 0 Å². The molecule has 0 saturated heterocycles. The van der Waals surface area contributed by atoms with E-state index in [0.29, 0.717) is 48.2 Å². The van der Waals surface area contributed by atoms with Crippen LogP contribution in [0.2, 0.25) is 30.1 Å². The van der Waals surface area contributed by atoms with Crippen molar-refractivity contribution in [3.63, 3.8) is 0 Å². The van der Waals surface area contributed by atoms with Crippen molar-refractivity contribution in [2.75, 3.05) is 5.73 Å². The number of pyridine rings is 1. The van der Waals surface area contributed by atoms with Gasteiger partial charge in [0, 0.05) is 11.1 Å². The summed E-state index contributed by atoms with van der Waals surface area (Å²) in [5.74, 6) is 0. The molecular weight excluding hydrogens is 445 g/mol. The molecule has 0 unspecified atom stereocenters. The monoisotopic (exact) mass is 450 g/mol. The molecule has 1 heterocycles. The number of hydrogen-bond acceptors (Lipinski definition) is 2. The van der Waals surface area contributed by atoms with Crippen molar-refractivity contribution < 1.29 is 0 Å². The Morgan fingerprint density at radius 1 is 0.640 bits per heavy atom. The summed E-state index contributed by atoms with van der Waals surface area (Å²) in [5.41, 5.74) is 9.07. The van der Waals surface area contributed by atoms with Gasteiger partial charge in [0.05, 0.1) is 47.7 Å². The molecule has 0 fully saturated rings. The molecule has 2 nitrogen and oxygen atoms in total. The van der Waals surface area contributed by atoms with Gasteiger partial charge < -0.3 is 5.73 Å². The predicted molar refractivity (Wildman–Crippen MR) is 110 cm³/mol. The zero-order valence-corrected chi connectivity index (χ0v) is 16.8. The van der Waals surface area contributed by atoms with E-state index in [4.69, 9.17) is 75.3 Å². The predicted octanol–water partition coefficient (Wildman–Crippen LogP) is 7.92. The SMILES string of the molecule is Nc1cnc(-c2cc(Cl)c(Cl)c(Cl)c2)c(-c2cc(Cl)c(Cl)c(Cl)c2)c1. The number of rotatable bonds is 2. The Kier molecular flexibility index (Phi) is 5.60. The van der Waals surface area contributed by atoms with Crippen molar-refractivity contribution >= 4 is 75.3 Å². The maximum absolute atomic E-state index is 6.15. The summed E-state index contributed by atoms with van der Waals surface area (Å²) < 4.78 is 0. The standard InChI is InChI=1S/C17H8Cl6N2/c18-11-1-7(2-12(19)15(11)22)10-5-9(24)6-25-17(10)8-3-13(20)16(23)14(21)4-8/h1-6H,24H2. The van der Waals surface area contributed by atoms with Gasteiger partial charge in [-0.3, -0.25) is 4.98 Å². The van der Waals surface area contributed by atoms with Gasteiger partial charge in [-0.2, -0.15) is 0 Å². The zero-order chi connectivity index (χ0) is 18.3. The second-order valence-electron chi connectivity index (χ2n) is 5.17. The van der Waals surface area contributed by atoms with Crippen LogP contribution in [-0.2, 0) is 0 Å². The maximum Gasteiger partial charge on any atom is 0.0783 e. The molecule has 0 aliphatic rings. The second kappa shape index (κ2) is 7.40. The maximum atomic E-state index is 6.15. The lowest BCUT2D eigenvalue weighted by molar-refractivity contribution is 1.33. The molecule has 2 N–H and O–H groups in total. The summed E-state index contributed by atoms with van der Waals surface area (Å²) in [7, 11) is 0. The Bertz CT molecular complexity index is 941. The van der Waals surface area contributed by atoms with E-state index in [1.54, 1.807) is 30.3 Å². The van der Waals surface area contributed by atoms with Crippen LogP contribution < -0.4 is 5.73 Å². The highest BCUT2D eigenvalue weighted by atomic mass is 35.5. The molecule has 1 aromatic heterocycles. The van der Waals surface area contributed by atoms with E-state index in [1.807, 2.05) is 0 Å². The summed E-state index contributed by atoms with van der Waals surface area (Å²) in [4.78, 5) is 4.41. The van der Waals surface area contributed by atoms with Gasteiger partial charge in [0.2, 0.25) is 0 Å². The third-order valence-corrected chi connectivity index (χ3v) is 5.85. The highest BCUT2D eigenvalue weighted by molar-refractivity contribution is 6.49. The normalized spacial score (nSPS) is 11.0. The Morgan fingerprint density at radius 3 is 1.56 bits per heavy atom. The molecule has 8 heteroatoms. The van der Waals surface area contributed by atoms with E-state index in [0.717, 1.165) is 0 Å². The van der Waals surface area contributed by atoms with Crippen LogP contribution in [-0.4, -0.2) is 4.98 Å². The number of benzene rings is 2. The lowest BCUT2D eigenvalue weighted by Gasteiger charge is -2.13. The first kappa shape index (κ1) is 18.9. The summed E-state index contributed by atoms with van der Waals surface area (Å²) in [6.45, 7) is 0. The first-order valence-corrected chi connectivity index (χ1v) is 9.10. The minimum absolute atomic E-state index is 0.279. The Hall–Kier alpha value is -0.870. The van der Waals surface area contributed by atoms with E-state index in [2.05, 4.69) is 4.98 Å². The summed E-state index contributed by atoms with van der Waals surface area (Å²) in [6, 6.07) is 8.49. The van der Waals surface area contributed by atoms with Crippen molar-refractivity contribution in [2.45, 2.75) is 0 Å². The van der Waals surface area contributed by atoms with Crippen LogP contribution >= 0.6 is 69.6 Å². The minimum Gasteiger partial charge on any atom is -0.397 e. The molecule has 2 aromatic carbocycles. The lowest BCUT2D eigenvalue weighted by atomic mass is 9.99. The van der Waals surface area contributed by atoms with Gasteiger partial charge in [-0.1, -0.05) is 69.6 Å². The quantitative estimate of drug-likeness (QED) is 0.401. The Labute approximate surface area is 174 Å². The van der Waals surface area contributed by atoms with E-state index in [1.165, 1.54) is 6.20 Å². The molecule has 0 saturated carbocycles. The highest BCUT2D eigenvalue weighted by Crippen LogP contribution is 2.41. The lowest BCUT2D eigenvalue weighted by Crippen LogP contribution is -1.94. The van der Waals surface area contributed by atoms with Crippen molar-refractivity contribution in [3.05, 3.63) is 66.7 Å². The molecule has 0 spiro atoms. The summed E-state index contributed by atoms with van der Waals surface area (Å²) in [5, 5.41) is 1.85. The van der Waals surface area contributed by atoms with Crippen LogP contribution in [0.25, 0.3) is 22.4 Å². The topological polar surface area (TPSA) is 38.9 Å². The number of halogens is 6. The summed E-state index contributed by atoms with van der Waals surface area (Å²) in [6.07, 6.45) is 1.54. The van der Waals surface area contributed by atoms with Crippen molar-refractivity contribution in [3.8, 4) is 22.4 Å². The fraction of sp³-hybridized carbons (Fsp3) is 0. The second-order valence-corrected chi connectivity index (χ2v) is 7.56. The molecule has 128 valence electrons. The van der Waals surface area contributed by atoms with E-state index >= 15 is 0 Å². The molecule has 0 aliphatic carbocycles.